The number of aromatic amines is 1. The quantitative estimate of drug-likeness (QED) is 0.612. The smallest absolute Gasteiger partial charge is 0.257 e. The molecule has 0 saturated carbocycles. The molecule has 0 radical (unpaired) electrons. The predicted octanol–water partition coefficient (Wildman–Crippen LogP) is 4.23. The van der Waals surface area contributed by atoms with Crippen molar-refractivity contribution in [1.82, 2.24) is 9.97 Å². The lowest BCUT2D eigenvalue weighted by molar-refractivity contribution is -0.116. The fourth-order valence-electron chi connectivity index (χ4n) is 3.75. The second-order valence-corrected chi connectivity index (χ2v) is 8.53. The van der Waals surface area contributed by atoms with Gasteiger partial charge < -0.3 is 10.3 Å². The molecule has 2 atom stereocenters. The number of thioether (sulfide) groups is 1. The number of fused-ring (bicyclic) bond motifs is 1. The second-order valence-electron chi connectivity index (χ2n) is 7.11. The van der Waals surface area contributed by atoms with Gasteiger partial charge in [0.2, 0.25) is 0 Å². The molecule has 0 amide bonds. The van der Waals surface area contributed by atoms with Gasteiger partial charge in [-0.25, -0.2) is 4.98 Å². The molecule has 2 aromatic rings. The topological polar surface area (TPSA) is 74.8 Å². The van der Waals surface area contributed by atoms with E-state index >= 15 is 0 Å². The number of anilines is 1. The standard InChI is InChI=1S/C21H23N3O2S/c1-3-12(2)27-21-23-19-18(20(26)24-21)16(13-8-5-4-6-9-13)17-14(22-19)10-7-11-15(17)25/h4-6,8-9,12,16H,3,7,10-11H2,1-2H3,(H2,22,23,24,26)/t12-,16-/m0/s1. The Balaban J connectivity index is 1.88. The number of carbonyl (C=O) groups is 1. The molecule has 1 aromatic carbocycles. The Morgan fingerprint density at radius 1 is 1.22 bits per heavy atom. The largest absolute Gasteiger partial charge is 0.343 e. The number of H-pyrrole nitrogens is 1. The number of hydrogen-bond donors (Lipinski definition) is 2. The van der Waals surface area contributed by atoms with Gasteiger partial charge in [-0.05, 0) is 24.8 Å². The average Bonchev–Trinajstić information content (AvgIpc) is 2.67. The maximum atomic E-state index is 13.0. The van der Waals surface area contributed by atoms with Gasteiger partial charge in [0.15, 0.2) is 10.9 Å². The minimum atomic E-state index is -0.357. The molecule has 0 saturated heterocycles. The number of allylic oxidation sites excluding steroid dienone is 2. The van der Waals surface area contributed by atoms with Crippen LogP contribution in [0.5, 0.6) is 0 Å². The van der Waals surface area contributed by atoms with Crippen LogP contribution in [0.4, 0.5) is 5.82 Å². The van der Waals surface area contributed by atoms with Crippen LogP contribution in [0.25, 0.3) is 0 Å². The number of aromatic nitrogens is 2. The lowest BCUT2D eigenvalue weighted by Crippen LogP contribution is -2.32. The Kier molecular flexibility index (Phi) is 4.91. The number of nitrogens with one attached hydrogen (secondary N) is 2. The number of Topliss-reactive ketones (excluding diaryl/α,β-unsaturated/α-hetero) is 1. The monoisotopic (exact) mass is 381 g/mol. The summed E-state index contributed by atoms with van der Waals surface area (Å²) in [4.78, 5) is 33.4. The summed E-state index contributed by atoms with van der Waals surface area (Å²) < 4.78 is 0. The highest BCUT2D eigenvalue weighted by Gasteiger charge is 2.37. The highest BCUT2D eigenvalue weighted by Crippen LogP contribution is 2.43. The van der Waals surface area contributed by atoms with E-state index in [2.05, 4.69) is 24.1 Å². The first-order valence-electron chi connectivity index (χ1n) is 9.47. The molecule has 140 valence electrons. The van der Waals surface area contributed by atoms with Crippen molar-refractivity contribution in [3.63, 3.8) is 0 Å². The number of carbonyl (C=O) groups excluding carboxylic acids is 1. The zero-order valence-corrected chi connectivity index (χ0v) is 16.4. The minimum absolute atomic E-state index is 0.126. The number of nitrogens with zero attached hydrogens (tertiary/aromatic N) is 1. The lowest BCUT2D eigenvalue weighted by Gasteiger charge is -2.32. The summed E-state index contributed by atoms with van der Waals surface area (Å²) in [7, 11) is 0. The molecular weight excluding hydrogens is 358 g/mol. The highest BCUT2D eigenvalue weighted by molar-refractivity contribution is 7.99. The molecule has 1 aliphatic heterocycles. The summed E-state index contributed by atoms with van der Waals surface area (Å²) in [5.74, 6) is 0.358. The van der Waals surface area contributed by atoms with Gasteiger partial charge in [0.05, 0.1) is 5.56 Å². The van der Waals surface area contributed by atoms with Crippen molar-refractivity contribution in [3.05, 3.63) is 63.1 Å². The van der Waals surface area contributed by atoms with Crippen LogP contribution in [0.1, 0.15) is 56.6 Å². The number of benzene rings is 1. The molecule has 5 nitrogen and oxygen atoms in total. The molecule has 0 unspecified atom stereocenters. The van der Waals surface area contributed by atoms with E-state index in [1.165, 1.54) is 0 Å². The summed E-state index contributed by atoms with van der Waals surface area (Å²) in [6.07, 6.45) is 3.17. The van der Waals surface area contributed by atoms with E-state index < -0.39 is 0 Å². The van der Waals surface area contributed by atoms with E-state index in [0.29, 0.717) is 28.2 Å². The third-order valence-corrected chi connectivity index (χ3v) is 6.41. The third kappa shape index (κ3) is 3.34. The van der Waals surface area contributed by atoms with E-state index in [1.807, 2.05) is 30.3 Å². The zero-order valence-electron chi connectivity index (χ0n) is 15.5. The van der Waals surface area contributed by atoms with Crippen molar-refractivity contribution in [1.29, 1.82) is 0 Å². The van der Waals surface area contributed by atoms with Gasteiger partial charge in [-0.1, -0.05) is 55.9 Å². The van der Waals surface area contributed by atoms with Crippen LogP contribution in [0, 0.1) is 0 Å². The van der Waals surface area contributed by atoms with Gasteiger partial charge in [0, 0.05) is 28.9 Å². The molecule has 0 fully saturated rings. The molecule has 2 aliphatic rings. The van der Waals surface area contributed by atoms with Crippen molar-refractivity contribution >= 4 is 23.4 Å². The van der Waals surface area contributed by atoms with Crippen molar-refractivity contribution in [2.45, 2.75) is 55.9 Å². The summed E-state index contributed by atoms with van der Waals surface area (Å²) >= 11 is 1.57. The first kappa shape index (κ1) is 18.0. The van der Waals surface area contributed by atoms with Gasteiger partial charge in [-0.15, -0.1) is 0 Å². The van der Waals surface area contributed by atoms with E-state index in [4.69, 9.17) is 4.98 Å². The van der Waals surface area contributed by atoms with E-state index in [1.54, 1.807) is 11.8 Å². The van der Waals surface area contributed by atoms with Gasteiger partial charge >= 0.3 is 0 Å². The van der Waals surface area contributed by atoms with E-state index in [9.17, 15) is 9.59 Å². The Bertz CT molecular complexity index is 965. The molecule has 1 aliphatic carbocycles. The van der Waals surface area contributed by atoms with Crippen LogP contribution in [0.3, 0.4) is 0 Å². The normalized spacial score (nSPS) is 19.9. The Hall–Kier alpha value is -2.34. The predicted molar refractivity (Wildman–Crippen MR) is 108 cm³/mol. The molecule has 1 aromatic heterocycles. The fraction of sp³-hybridized carbons (Fsp3) is 0.381. The van der Waals surface area contributed by atoms with E-state index in [0.717, 1.165) is 36.1 Å². The summed E-state index contributed by atoms with van der Waals surface area (Å²) in [5, 5.41) is 4.31. The molecule has 6 heteroatoms. The van der Waals surface area contributed by atoms with Crippen molar-refractivity contribution < 1.29 is 4.79 Å². The van der Waals surface area contributed by atoms with Crippen LogP contribution < -0.4 is 10.9 Å². The Morgan fingerprint density at radius 2 is 2.00 bits per heavy atom. The summed E-state index contributed by atoms with van der Waals surface area (Å²) in [6.45, 7) is 4.23. The minimum Gasteiger partial charge on any atom is -0.343 e. The first-order chi connectivity index (χ1) is 13.1. The van der Waals surface area contributed by atoms with Crippen molar-refractivity contribution in [2.24, 2.45) is 0 Å². The van der Waals surface area contributed by atoms with Gasteiger partial charge in [0.25, 0.3) is 5.56 Å². The summed E-state index contributed by atoms with van der Waals surface area (Å²) in [5.41, 5.74) is 2.98. The summed E-state index contributed by atoms with van der Waals surface area (Å²) in [6, 6.07) is 9.79. The number of rotatable bonds is 4. The van der Waals surface area contributed by atoms with E-state index in [-0.39, 0.29) is 17.3 Å². The highest BCUT2D eigenvalue weighted by atomic mass is 32.2. The third-order valence-electron chi connectivity index (χ3n) is 5.26. The van der Waals surface area contributed by atoms with Crippen LogP contribution in [-0.4, -0.2) is 21.0 Å². The van der Waals surface area contributed by atoms with Crippen molar-refractivity contribution in [2.75, 3.05) is 5.32 Å². The molecule has 0 bridgehead atoms. The molecule has 2 heterocycles. The van der Waals surface area contributed by atoms with Crippen molar-refractivity contribution in [3.8, 4) is 0 Å². The molecular formula is C21H23N3O2S. The average molecular weight is 382 g/mol. The molecule has 2 N–H and O–H groups in total. The molecule has 27 heavy (non-hydrogen) atoms. The fourth-order valence-corrected chi connectivity index (χ4v) is 4.59. The maximum Gasteiger partial charge on any atom is 0.257 e. The van der Waals surface area contributed by atoms with Gasteiger partial charge in [-0.3, -0.25) is 9.59 Å². The molecule has 4 rings (SSSR count). The zero-order chi connectivity index (χ0) is 19.0. The maximum absolute atomic E-state index is 13.0. The Labute approximate surface area is 162 Å². The van der Waals surface area contributed by atoms with Crippen LogP contribution >= 0.6 is 11.8 Å². The Morgan fingerprint density at radius 3 is 2.74 bits per heavy atom. The van der Waals surface area contributed by atoms with Gasteiger partial charge in [0.1, 0.15) is 5.82 Å². The molecule has 0 spiro atoms. The van der Waals surface area contributed by atoms with Crippen LogP contribution in [0.15, 0.2) is 51.6 Å². The number of hydrogen-bond acceptors (Lipinski definition) is 5. The first-order valence-corrected chi connectivity index (χ1v) is 10.4. The SMILES string of the molecule is CC[C@H](C)Sc1nc2c(c(=O)[nH]1)[C@@H](c1ccccc1)C1=C(CCCC1=O)N2. The van der Waals surface area contributed by atoms with Crippen LogP contribution in [-0.2, 0) is 4.79 Å². The van der Waals surface area contributed by atoms with Gasteiger partial charge in [-0.2, -0.15) is 0 Å². The number of ketones is 1. The van der Waals surface area contributed by atoms with Crippen LogP contribution in [0.2, 0.25) is 0 Å². The second kappa shape index (κ2) is 7.35. The lowest BCUT2D eigenvalue weighted by atomic mass is 9.76.